The third-order valence-corrected chi connectivity index (χ3v) is 6.53. The number of thioether (sulfide) groups is 1. The summed E-state index contributed by atoms with van der Waals surface area (Å²) in [6.07, 6.45) is 2.21. The number of carboxylic acids is 1. The molecule has 0 amide bonds. The number of unbranched alkanes of at least 4 members (excludes halogenated alkanes) is 3. The fraction of sp³-hybridized carbons (Fsp3) is 0.286. The minimum atomic E-state index is -5.08. The van der Waals surface area contributed by atoms with Crippen LogP contribution in [-0.4, -0.2) is 32.4 Å². The molecule has 0 bridgehead atoms. The van der Waals surface area contributed by atoms with Crippen molar-refractivity contribution in [1.29, 1.82) is 0 Å². The average Bonchev–Trinajstić information content (AvgIpc) is 3.26. The molecule has 4 aromatic rings. The molecule has 0 radical (unpaired) electrons. The number of nitrogens with zero attached hydrogens (tertiary/aromatic N) is 2. The molecule has 0 atom stereocenters. The number of pyridine rings is 1. The smallest absolute Gasteiger partial charge is 0.475 e. The molecule has 0 aliphatic carbocycles. The van der Waals surface area contributed by atoms with E-state index in [1.54, 1.807) is 0 Å². The van der Waals surface area contributed by atoms with Crippen molar-refractivity contribution in [3.63, 3.8) is 0 Å². The molecule has 2 heterocycles. The molecule has 196 valence electrons. The molecule has 0 saturated heterocycles. The lowest BCUT2D eigenvalue weighted by molar-refractivity contribution is -0.192. The summed E-state index contributed by atoms with van der Waals surface area (Å²) in [4.78, 5) is 15.2. The normalized spacial score (nSPS) is 11.1. The van der Waals surface area contributed by atoms with Gasteiger partial charge in [0.25, 0.3) is 0 Å². The number of alkyl halides is 3. The first-order valence-corrected chi connectivity index (χ1v) is 13.1. The lowest BCUT2D eigenvalue weighted by Gasteiger charge is -2.10. The molecule has 5 nitrogen and oxygen atoms in total. The van der Waals surface area contributed by atoms with Gasteiger partial charge in [0, 0.05) is 23.2 Å². The van der Waals surface area contributed by atoms with Crippen LogP contribution < -0.4 is 5.32 Å². The van der Waals surface area contributed by atoms with E-state index in [-0.39, 0.29) is 0 Å². The van der Waals surface area contributed by atoms with Crippen molar-refractivity contribution in [2.45, 2.75) is 50.2 Å². The van der Waals surface area contributed by atoms with Gasteiger partial charge in [-0.1, -0.05) is 74.7 Å². The zero-order valence-corrected chi connectivity index (χ0v) is 21.4. The molecule has 0 aliphatic rings. The van der Waals surface area contributed by atoms with Crippen LogP contribution in [-0.2, 0) is 11.3 Å². The number of rotatable bonds is 10. The lowest BCUT2D eigenvalue weighted by Crippen LogP contribution is -2.21. The van der Waals surface area contributed by atoms with Gasteiger partial charge in [-0.25, -0.2) is 9.78 Å². The van der Waals surface area contributed by atoms with Gasteiger partial charge in [0.2, 0.25) is 0 Å². The summed E-state index contributed by atoms with van der Waals surface area (Å²) < 4.78 is 33.9. The van der Waals surface area contributed by atoms with Crippen LogP contribution >= 0.6 is 11.8 Å². The first-order chi connectivity index (χ1) is 17.8. The van der Waals surface area contributed by atoms with E-state index in [0.717, 1.165) is 29.3 Å². The number of hydrogen-bond donors (Lipinski definition) is 2. The zero-order valence-electron chi connectivity index (χ0n) is 20.5. The number of carbonyl (C=O) groups is 1. The molecule has 4 rings (SSSR count). The first kappa shape index (κ1) is 28.1. The molecule has 0 unspecified atom stereocenters. The maximum absolute atomic E-state index is 10.6. The van der Waals surface area contributed by atoms with Crippen molar-refractivity contribution in [3.8, 4) is 11.3 Å². The van der Waals surface area contributed by atoms with Crippen molar-refractivity contribution in [2.75, 3.05) is 11.1 Å². The number of carboxylic acid groups (broad SMARTS) is 1. The van der Waals surface area contributed by atoms with Gasteiger partial charge in [0.1, 0.15) is 17.2 Å². The Balaban J connectivity index is 0.000000479. The minimum absolute atomic E-state index is 0.766. The maximum atomic E-state index is 10.6. The highest BCUT2D eigenvalue weighted by Crippen LogP contribution is 2.32. The number of anilines is 1. The number of hydrogen-bond acceptors (Lipinski definition) is 4. The number of imidazole rings is 1. The summed E-state index contributed by atoms with van der Waals surface area (Å²) in [5.74, 6) is -0.541. The van der Waals surface area contributed by atoms with E-state index in [1.807, 2.05) is 17.8 Å². The second kappa shape index (κ2) is 13.7. The van der Waals surface area contributed by atoms with Gasteiger partial charge in [-0.3, -0.25) is 4.40 Å². The molecule has 9 heteroatoms. The van der Waals surface area contributed by atoms with Gasteiger partial charge >= 0.3 is 12.1 Å². The fourth-order valence-corrected chi connectivity index (χ4v) is 4.57. The van der Waals surface area contributed by atoms with E-state index < -0.39 is 12.1 Å². The fourth-order valence-electron chi connectivity index (χ4n) is 3.60. The number of aromatic nitrogens is 2. The first-order valence-electron chi connectivity index (χ1n) is 12.1. The van der Waals surface area contributed by atoms with Crippen LogP contribution in [0.2, 0.25) is 0 Å². The molecule has 0 aliphatic heterocycles. The Morgan fingerprint density at radius 3 is 2.43 bits per heavy atom. The highest BCUT2D eigenvalue weighted by Gasteiger charge is 2.38. The van der Waals surface area contributed by atoms with Gasteiger partial charge in [0.15, 0.2) is 0 Å². The van der Waals surface area contributed by atoms with E-state index >= 15 is 0 Å². The van der Waals surface area contributed by atoms with Crippen LogP contribution in [0.4, 0.5) is 19.0 Å². The average molecular weight is 530 g/mol. The van der Waals surface area contributed by atoms with E-state index in [2.05, 4.69) is 89.6 Å². The summed E-state index contributed by atoms with van der Waals surface area (Å²) >= 11 is 1.95. The Bertz CT molecular complexity index is 1280. The summed E-state index contributed by atoms with van der Waals surface area (Å²) in [6.45, 7) is 3.03. The number of nitrogens with one attached hydrogen (secondary N) is 1. The Labute approximate surface area is 218 Å². The van der Waals surface area contributed by atoms with E-state index in [0.29, 0.717) is 0 Å². The quantitative estimate of drug-likeness (QED) is 0.161. The molecule has 37 heavy (non-hydrogen) atoms. The van der Waals surface area contributed by atoms with Crippen LogP contribution in [0.15, 0.2) is 83.9 Å². The maximum Gasteiger partial charge on any atom is 0.490 e. The van der Waals surface area contributed by atoms with Gasteiger partial charge in [0.05, 0.1) is 0 Å². The number of aliphatic carboxylic acids is 1. The van der Waals surface area contributed by atoms with Crippen molar-refractivity contribution < 1.29 is 23.1 Å². The number of benzene rings is 2. The third-order valence-electron chi connectivity index (χ3n) is 5.45. The van der Waals surface area contributed by atoms with E-state index in [1.165, 1.54) is 41.9 Å². The Morgan fingerprint density at radius 2 is 1.73 bits per heavy atom. The second-order valence-electron chi connectivity index (χ2n) is 8.32. The molecular formula is C28H30F3N3O2S. The molecule has 2 N–H and O–H groups in total. The van der Waals surface area contributed by atoms with E-state index in [4.69, 9.17) is 14.9 Å². The largest absolute Gasteiger partial charge is 0.490 e. The highest BCUT2D eigenvalue weighted by molar-refractivity contribution is 7.99. The monoisotopic (exact) mass is 529 g/mol. The van der Waals surface area contributed by atoms with Crippen LogP contribution in [0.25, 0.3) is 16.9 Å². The predicted octanol–water partition coefficient (Wildman–Crippen LogP) is 7.92. The molecule has 0 fully saturated rings. The van der Waals surface area contributed by atoms with Gasteiger partial charge < -0.3 is 10.4 Å². The molecular weight excluding hydrogens is 499 g/mol. The third kappa shape index (κ3) is 8.56. The van der Waals surface area contributed by atoms with Gasteiger partial charge in [-0.2, -0.15) is 13.2 Å². The van der Waals surface area contributed by atoms with E-state index in [9.17, 15) is 13.2 Å². The number of fused-ring (bicyclic) bond motifs is 1. The lowest BCUT2D eigenvalue weighted by atomic mass is 10.1. The van der Waals surface area contributed by atoms with Gasteiger partial charge in [-0.15, -0.1) is 11.8 Å². The van der Waals surface area contributed by atoms with Crippen LogP contribution in [0.1, 0.15) is 38.2 Å². The van der Waals surface area contributed by atoms with Gasteiger partial charge in [-0.05, 0) is 42.0 Å². The molecule has 2 aromatic carbocycles. The van der Waals surface area contributed by atoms with Crippen molar-refractivity contribution in [3.05, 3.63) is 84.6 Å². The van der Waals surface area contributed by atoms with Crippen LogP contribution in [0.5, 0.6) is 0 Å². The zero-order chi connectivity index (χ0) is 26.7. The minimum Gasteiger partial charge on any atom is -0.475 e. The van der Waals surface area contributed by atoms with Crippen molar-refractivity contribution in [1.82, 2.24) is 9.38 Å². The topological polar surface area (TPSA) is 66.6 Å². The molecule has 2 aromatic heterocycles. The molecule has 0 saturated carbocycles. The van der Waals surface area contributed by atoms with Crippen molar-refractivity contribution >= 4 is 29.2 Å². The number of halogens is 3. The summed E-state index contributed by atoms with van der Waals surface area (Å²) in [5, 5.41) is 10.8. The standard InChI is InChI=1S/C26H29N3S.C2HF3O2/c1-2-3-4-10-18-30-23-15-11-14-22(19-23)25-26(27-20-21-12-6-5-7-13-21)29-17-9-8-16-24(29)28-25;3-2(4,5)1(6)7/h5-9,11-17,19,27H,2-4,10,18,20H2,1H3;(H,6,7). The summed E-state index contributed by atoms with van der Waals surface area (Å²) in [7, 11) is 0. The SMILES string of the molecule is CCCCCCSc1cccc(-c2nc3ccccn3c2NCc2ccccc2)c1.O=C(O)C(F)(F)F. The van der Waals surface area contributed by atoms with Crippen LogP contribution in [0.3, 0.4) is 0 Å². The summed E-state index contributed by atoms with van der Waals surface area (Å²) in [6, 6.07) is 25.4. The predicted molar refractivity (Wildman–Crippen MR) is 143 cm³/mol. The Hall–Kier alpha value is -3.46. The Morgan fingerprint density at radius 1 is 1.00 bits per heavy atom. The van der Waals surface area contributed by atoms with Crippen LogP contribution in [0, 0.1) is 0 Å². The molecule has 0 spiro atoms. The second-order valence-corrected chi connectivity index (χ2v) is 9.49. The van der Waals surface area contributed by atoms with Crippen molar-refractivity contribution in [2.24, 2.45) is 0 Å². The summed E-state index contributed by atoms with van der Waals surface area (Å²) in [5.41, 5.74) is 4.38. The highest BCUT2D eigenvalue weighted by atomic mass is 32.2. The Kier molecular flexibility index (Phi) is 10.4.